The lowest BCUT2D eigenvalue weighted by atomic mass is 10.3. The van der Waals surface area contributed by atoms with Crippen molar-refractivity contribution in [2.24, 2.45) is 0 Å². The van der Waals surface area contributed by atoms with E-state index in [1.807, 2.05) is 29.0 Å². The second-order valence-corrected chi connectivity index (χ2v) is 3.97. The topological polar surface area (TPSA) is 0 Å². The first-order valence-electron chi connectivity index (χ1n) is 3.53. The van der Waals surface area contributed by atoms with Crippen molar-refractivity contribution in [2.45, 2.75) is 0 Å². The van der Waals surface area contributed by atoms with Crippen LogP contribution in [0.1, 0.15) is 10.4 Å². The molecule has 2 aromatic rings. The van der Waals surface area contributed by atoms with Crippen LogP contribution in [0.4, 0.5) is 0 Å². The normalized spacial score (nSPS) is 9.00. The molecule has 0 bridgehead atoms. The molecule has 2 rings (SSSR count). The molecule has 0 nitrogen and oxygen atoms in total. The summed E-state index contributed by atoms with van der Waals surface area (Å²) in [4.78, 5) is 1.13. The predicted molar refractivity (Wildman–Crippen MR) is 54.6 cm³/mol. The van der Waals surface area contributed by atoms with E-state index in [0.29, 0.717) is 0 Å². The zero-order valence-electron chi connectivity index (χ0n) is 6.28. The quantitative estimate of drug-likeness (QED) is 0.560. The molecular weight excluding hydrogens is 184 g/mol. The zero-order chi connectivity index (χ0) is 8.23. The molecule has 0 aliphatic heterocycles. The third-order valence-electron chi connectivity index (χ3n) is 1.37. The Morgan fingerprint density at radius 1 is 1.08 bits per heavy atom. The van der Waals surface area contributed by atoms with Crippen LogP contribution in [0.25, 0.3) is 0 Å². The minimum Gasteiger partial charge on any atom is -0.151 e. The van der Waals surface area contributed by atoms with E-state index < -0.39 is 0 Å². The second-order valence-electron chi connectivity index (χ2n) is 2.24. The lowest BCUT2D eigenvalue weighted by Gasteiger charge is -1.76. The van der Waals surface area contributed by atoms with Crippen molar-refractivity contribution in [3.63, 3.8) is 0 Å². The summed E-state index contributed by atoms with van der Waals surface area (Å²) in [7, 11) is 0. The lowest BCUT2D eigenvalue weighted by molar-refractivity contribution is 1.84. The molecule has 12 heavy (non-hydrogen) atoms. The standard InChI is InChI=1S/C10H6S2/c1-2-10(12-6-1)4-3-9-5-7-11-8-9/h1-2,5-8H. The van der Waals surface area contributed by atoms with Crippen molar-refractivity contribution in [1.82, 2.24) is 0 Å². The lowest BCUT2D eigenvalue weighted by Crippen LogP contribution is -1.63. The molecule has 0 amide bonds. The Morgan fingerprint density at radius 2 is 2.08 bits per heavy atom. The van der Waals surface area contributed by atoms with E-state index in [2.05, 4.69) is 17.2 Å². The summed E-state index contributed by atoms with van der Waals surface area (Å²) in [5.41, 5.74) is 1.11. The van der Waals surface area contributed by atoms with Crippen molar-refractivity contribution in [1.29, 1.82) is 0 Å². The average Bonchev–Trinajstić information content (AvgIpc) is 2.74. The van der Waals surface area contributed by atoms with Gasteiger partial charge in [0.25, 0.3) is 0 Å². The van der Waals surface area contributed by atoms with Gasteiger partial charge in [0.1, 0.15) is 0 Å². The summed E-state index contributed by atoms with van der Waals surface area (Å²) in [5.74, 6) is 6.20. The SMILES string of the molecule is C(#Cc1cccs1)c1ccsc1. The predicted octanol–water partition coefficient (Wildman–Crippen LogP) is 3.21. The number of thiophene rings is 2. The molecule has 0 saturated carbocycles. The molecule has 0 radical (unpaired) electrons. The van der Waals surface area contributed by atoms with Crippen LogP contribution in [0.3, 0.4) is 0 Å². The summed E-state index contributed by atoms with van der Waals surface area (Å²) in [6.07, 6.45) is 0. The Hall–Kier alpha value is -1.04. The fourth-order valence-electron chi connectivity index (χ4n) is 0.819. The van der Waals surface area contributed by atoms with Crippen molar-refractivity contribution >= 4 is 22.7 Å². The highest BCUT2D eigenvalue weighted by Gasteiger charge is 1.86. The molecule has 2 heteroatoms. The van der Waals surface area contributed by atoms with Gasteiger partial charge in [0.05, 0.1) is 4.88 Å². The van der Waals surface area contributed by atoms with Gasteiger partial charge >= 0.3 is 0 Å². The summed E-state index contributed by atoms with van der Waals surface area (Å²) in [6.45, 7) is 0. The molecular formula is C10H6S2. The summed E-state index contributed by atoms with van der Waals surface area (Å²) in [6, 6.07) is 6.08. The van der Waals surface area contributed by atoms with E-state index in [1.165, 1.54) is 0 Å². The zero-order valence-corrected chi connectivity index (χ0v) is 7.91. The maximum atomic E-state index is 3.10. The van der Waals surface area contributed by atoms with E-state index in [-0.39, 0.29) is 0 Å². The molecule has 0 aliphatic carbocycles. The highest BCUT2D eigenvalue weighted by Crippen LogP contribution is 2.07. The van der Waals surface area contributed by atoms with Gasteiger partial charge in [-0.05, 0) is 22.9 Å². The number of rotatable bonds is 0. The third-order valence-corrected chi connectivity index (χ3v) is 2.84. The van der Waals surface area contributed by atoms with Crippen LogP contribution in [0.5, 0.6) is 0 Å². The molecule has 0 N–H and O–H groups in total. The van der Waals surface area contributed by atoms with Gasteiger partial charge in [-0.25, -0.2) is 0 Å². The summed E-state index contributed by atoms with van der Waals surface area (Å²) < 4.78 is 0. The molecule has 0 fully saturated rings. The van der Waals surface area contributed by atoms with E-state index in [9.17, 15) is 0 Å². The van der Waals surface area contributed by atoms with Crippen LogP contribution in [-0.4, -0.2) is 0 Å². The van der Waals surface area contributed by atoms with E-state index in [4.69, 9.17) is 0 Å². The third kappa shape index (κ3) is 1.76. The van der Waals surface area contributed by atoms with Gasteiger partial charge in [-0.2, -0.15) is 11.3 Å². The Kier molecular flexibility index (Phi) is 2.26. The minimum absolute atomic E-state index is 1.11. The van der Waals surface area contributed by atoms with Crippen molar-refractivity contribution in [3.05, 3.63) is 44.8 Å². The molecule has 0 saturated heterocycles. The largest absolute Gasteiger partial charge is 0.151 e. The molecule has 0 unspecified atom stereocenters. The Balaban J connectivity index is 2.22. The van der Waals surface area contributed by atoms with Crippen LogP contribution in [0.2, 0.25) is 0 Å². The van der Waals surface area contributed by atoms with Crippen LogP contribution >= 0.6 is 22.7 Å². The number of hydrogen-bond donors (Lipinski definition) is 0. The molecule has 2 heterocycles. The number of hydrogen-bond acceptors (Lipinski definition) is 2. The van der Waals surface area contributed by atoms with Gasteiger partial charge in [-0.1, -0.05) is 17.9 Å². The Bertz CT molecular complexity index is 346. The van der Waals surface area contributed by atoms with E-state index in [1.54, 1.807) is 22.7 Å². The van der Waals surface area contributed by atoms with Gasteiger partial charge < -0.3 is 0 Å². The van der Waals surface area contributed by atoms with Gasteiger partial charge in [-0.15, -0.1) is 11.3 Å². The highest BCUT2D eigenvalue weighted by molar-refractivity contribution is 7.10. The van der Waals surface area contributed by atoms with Gasteiger partial charge in [0.2, 0.25) is 0 Å². The van der Waals surface area contributed by atoms with Crippen LogP contribution in [0, 0.1) is 11.8 Å². The van der Waals surface area contributed by atoms with Gasteiger partial charge in [0, 0.05) is 10.9 Å². The monoisotopic (exact) mass is 190 g/mol. The molecule has 58 valence electrons. The van der Waals surface area contributed by atoms with Crippen LogP contribution in [0.15, 0.2) is 34.3 Å². The van der Waals surface area contributed by atoms with Crippen LogP contribution < -0.4 is 0 Å². The smallest absolute Gasteiger partial charge is 0.0772 e. The first-order valence-corrected chi connectivity index (χ1v) is 5.35. The Morgan fingerprint density at radius 3 is 2.75 bits per heavy atom. The Labute approximate surface area is 79.5 Å². The summed E-state index contributed by atoms with van der Waals surface area (Å²) in [5, 5.41) is 6.14. The fraction of sp³-hybridized carbons (Fsp3) is 0. The molecule has 0 aromatic carbocycles. The maximum absolute atomic E-state index is 3.10. The first-order chi connectivity index (χ1) is 5.95. The van der Waals surface area contributed by atoms with E-state index >= 15 is 0 Å². The molecule has 0 atom stereocenters. The maximum Gasteiger partial charge on any atom is 0.0772 e. The van der Waals surface area contributed by atoms with E-state index in [0.717, 1.165) is 10.4 Å². The van der Waals surface area contributed by atoms with Crippen LogP contribution in [-0.2, 0) is 0 Å². The molecule has 2 aromatic heterocycles. The minimum atomic E-state index is 1.11. The average molecular weight is 190 g/mol. The fourth-order valence-corrected chi connectivity index (χ4v) is 1.98. The summed E-state index contributed by atoms with van der Waals surface area (Å²) >= 11 is 3.35. The van der Waals surface area contributed by atoms with Crippen molar-refractivity contribution < 1.29 is 0 Å². The van der Waals surface area contributed by atoms with Gasteiger partial charge in [0.15, 0.2) is 0 Å². The second kappa shape index (κ2) is 3.57. The van der Waals surface area contributed by atoms with Crippen molar-refractivity contribution in [2.75, 3.05) is 0 Å². The highest BCUT2D eigenvalue weighted by atomic mass is 32.1. The van der Waals surface area contributed by atoms with Crippen molar-refractivity contribution in [3.8, 4) is 11.8 Å². The first kappa shape index (κ1) is 7.60. The molecule has 0 spiro atoms. The van der Waals surface area contributed by atoms with Gasteiger partial charge in [-0.3, -0.25) is 0 Å². The molecule has 0 aliphatic rings.